The maximum atomic E-state index is 12.1. The molecule has 1 heterocycles. The first-order chi connectivity index (χ1) is 9.49. The van der Waals surface area contributed by atoms with Crippen molar-refractivity contribution < 1.29 is 9.90 Å². The van der Waals surface area contributed by atoms with E-state index in [0.717, 1.165) is 26.2 Å². The van der Waals surface area contributed by atoms with Gasteiger partial charge in [-0.1, -0.05) is 20.8 Å². The Labute approximate surface area is 129 Å². The summed E-state index contributed by atoms with van der Waals surface area (Å²) in [5, 5.41) is 13.4. The highest BCUT2D eigenvalue weighted by atomic mass is 16.3. The molecule has 0 aromatic heterocycles. The number of nitrogens with one attached hydrogen (secondary N) is 1. The van der Waals surface area contributed by atoms with Crippen LogP contribution in [0.1, 0.15) is 41.5 Å². The third kappa shape index (κ3) is 6.76. The third-order valence-corrected chi connectivity index (χ3v) is 3.93. The van der Waals surface area contributed by atoms with Crippen molar-refractivity contribution in [2.24, 2.45) is 5.41 Å². The Morgan fingerprint density at radius 3 is 2.05 bits per heavy atom. The van der Waals surface area contributed by atoms with Crippen LogP contribution in [-0.4, -0.2) is 71.7 Å². The van der Waals surface area contributed by atoms with Gasteiger partial charge >= 0.3 is 0 Å². The predicted molar refractivity (Wildman–Crippen MR) is 86.2 cm³/mol. The van der Waals surface area contributed by atoms with E-state index in [9.17, 15) is 9.90 Å². The van der Waals surface area contributed by atoms with Gasteiger partial charge in [0.1, 0.15) is 0 Å². The molecule has 1 rings (SSSR count). The average molecular weight is 299 g/mol. The van der Waals surface area contributed by atoms with Crippen molar-refractivity contribution in [3.05, 3.63) is 0 Å². The number of aliphatic hydroxyl groups excluding tert-OH is 1. The molecule has 1 fully saturated rings. The Hall–Kier alpha value is -0.650. The summed E-state index contributed by atoms with van der Waals surface area (Å²) in [4.78, 5) is 16.3. The minimum atomic E-state index is -0.331. The minimum absolute atomic E-state index is 0.0334. The molecule has 0 bridgehead atoms. The highest BCUT2D eigenvalue weighted by molar-refractivity contribution is 5.78. The van der Waals surface area contributed by atoms with E-state index in [4.69, 9.17) is 0 Å². The van der Waals surface area contributed by atoms with Gasteiger partial charge in [-0.3, -0.25) is 9.69 Å². The Morgan fingerprint density at radius 2 is 1.62 bits per heavy atom. The molecule has 0 radical (unpaired) electrons. The van der Waals surface area contributed by atoms with E-state index in [1.165, 1.54) is 0 Å². The lowest BCUT2D eigenvalue weighted by molar-refractivity contribution is -0.132. The molecular formula is C16H33N3O2. The van der Waals surface area contributed by atoms with Crippen molar-refractivity contribution >= 4 is 5.91 Å². The van der Waals surface area contributed by atoms with Crippen molar-refractivity contribution in [3.63, 3.8) is 0 Å². The Bertz CT molecular complexity index is 336. The highest BCUT2D eigenvalue weighted by Crippen LogP contribution is 2.20. The lowest BCUT2D eigenvalue weighted by Gasteiger charge is -2.38. The summed E-state index contributed by atoms with van der Waals surface area (Å²) < 4.78 is 0. The van der Waals surface area contributed by atoms with E-state index in [0.29, 0.717) is 13.1 Å². The van der Waals surface area contributed by atoms with Crippen LogP contribution in [0.2, 0.25) is 0 Å². The molecule has 1 aliphatic rings. The number of carbonyl (C=O) groups is 1. The van der Waals surface area contributed by atoms with Gasteiger partial charge in [-0.2, -0.15) is 0 Å². The number of aliphatic hydroxyl groups is 1. The smallest absolute Gasteiger partial charge is 0.236 e. The standard InChI is InChI=1S/C16H33N3O2/c1-15(2,3)13(20)12-18-7-9-19(10-8-18)14(21)11-17-16(4,5)6/h13,17,20H,7-12H2,1-6H3. The molecule has 5 heteroatoms. The van der Waals surface area contributed by atoms with Crippen LogP contribution in [0.25, 0.3) is 0 Å². The maximum Gasteiger partial charge on any atom is 0.236 e. The summed E-state index contributed by atoms with van der Waals surface area (Å²) in [6.45, 7) is 16.6. The second kappa shape index (κ2) is 7.07. The molecule has 124 valence electrons. The third-order valence-electron chi connectivity index (χ3n) is 3.93. The molecule has 1 aliphatic heterocycles. The second-order valence-corrected chi connectivity index (χ2v) is 8.17. The van der Waals surface area contributed by atoms with Crippen molar-refractivity contribution in [3.8, 4) is 0 Å². The van der Waals surface area contributed by atoms with Gasteiger partial charge in [0.15, 0.2) is 0 Å². The maximum absolute atomic E-state index is 12.1. The van der Waals surface area contributed by atoms with Crippen molar-refractivity contribution in [1.82, 2.24) is 15.1 Å². The fraction of sp³-hybridized carbons (Fsp3) is 0.938. The first-order valence-electron chi connectivity index (χ1n) is 7.92. The number of carbonyl (C=O) groups excluding carboxylic acids is 1. The molecule has 5 nitrogen and oxygen atoms in total. The second-order valence-electron chi connectivity index (χ2n) is 8.17. The van der Waals surface area contributed by atoms with Gasteiger partial charge in [0.05, 0.1) is 12.6 Å². The number of piperazine rings is 1. The Morgan fingerprint density at radius 1 is 1.10 bits per heavy atom. The number of amides is 1. The summed E-state index contributed by atoms with van der Waals surface area (Å²) in [6, 6.07) is 0. The topological polar surface area (TPSA) is 55.8 Å². The van der Waals surface area contributed by atoms with Gasteiger partial charge in [0.2, 0.25) is 5.91 Å². The number of hydrogen-bond acceptors (Lipinski definition) is 4. The molecule has 0 aliphatic carbocycles. The van der Waals surface area contributed by atoms with Crippen LogP contribution in [0.4, 0.5) is 0 Å². The summed E-state index contributed by atoms with van der Waals surface area (Å²) in [5.74, 6) is 0.168. The fourth-order valence-electron chi connectivity index (χ4n) is 2.15. The average Bonchev–Trinajstić information content (AvgIpc) is 2.35. The zero-order valence-corrected chi connectivity index (χ0v) is 14.6. The highest BCUT2D eigenvalue weighted by Gasteiger charge is 2.27. The zero-order valence-electron chi connectivity index (χ0n) is 14.6. The summed E-state index contributed by atoms with van der Waals surface area (Å²) >= 11 is 0. The monoisotopic (exact) mass is 299 g/mol. The largest absolute Gasteiger partial charge is 0.391 e. The van der Waals surface area contributed by atoms with E-state index < -0.39 is 0 Å². The molecule has 1 atom stereocenters. The van der Waals surface area contributed by atoms with Gasteiger partial charge in [-0.25, -0.2) is 0 Å². The quantitative estimate of drug-likeness (QED) is 0.811. The van der Waals surface area contributed by atoms with E-state index in [-0.39, 0.29) is 23.0 Å². The number of nitrogens with zero attached hydrogens (tertiary/aromatic N) is 2. The van der Waals surface area contributed by atoms with Gasteiger partial charge in [0.25, 0.3) is 0 Å². The molecule has 2 N–H and O–H groups in total. The van der Waals surface area contributed by atoms with E-state index in [1.54, 1.807) is 0 Å². The zero-order chi connectivity index (χ0) is 16.3. The van der Waals surface area contributed by atoms with Gasteiger partial charge < -0.3 is 15.3 Å². The first kappa shape index (κ1) is 18.4. The van der Waals surface area contributed by atoms with Crippen LogP contribution in [0.3, 0.4) is 0 Å². The first-order valence-corrected chi connectivity index (χ1v) is 7.92. The lowest BCUT2D eigenvalue weighted by Crippen LogP contribution is -2.54. The molecule has 0 aromatic rings. The van der Waals surface area contributed by atoms with Crippen molar-refractivity contribution in [2.45, 2.75) is 53.2 Å². The van der Waals surface area contributed by atoms with Crippen LogP contribution >= 0.6 is 0 Å². The van der Waals surface area contributed by atoms with Crippen LogP contribution in [0, 0.1) is 5.41 Å². The predicted octanol–water partition coefficient (Wildman–Crippen LogP) is 0.926. The minimum Gasteiger partial charge on any atom is -0.391 e. The SMILES string of the molecule is CC(C)(C)NCC(=O)N1CCN(CC(O)C(C)(C)C)CC1. The van der Waals surface area contributed by atoms with Gasteiger partial charge in [0, 0.05) is 38.3 Å². The molecule has 1 unspecified atom stereocenters. The molecule has 0 saturated carbocycles. The summed E-state index contributed by atoms with van der Waals surface area (Å²) in [7, 11) is 0. The van der Waals surface area contributed by atoms with Gasteiger partial charge in [-0.05, 0) is 26.2 Å². The van der Waals surface area contributed by atoms with Crippen molar-refractivity contribution in [2.75, 3.05) is 39.3 Å². The van der Waals surface area contributed by atoms with Crippen molar-refractivity contribution in [1.29, 1.82) is 0 Å². The van der Waals surface area contributed by atoms with Gasteiger partial charge in [-0.15, -0.1) is 0 Å². The molecule has 0 aromatic carbocycles. The summed E-state index contributed by atoms with van der Waals surface area (Å²) in [6.07, 6.45) is -0.331. The number of hydrogen-bond donors (Lipinski definition) is 2. The normalized spacial score (nSPS) is 19.7. The fourth-order valence-corrected chi connectivity index (χ4v) is 2.15. The number of rotatable bonds is 4. The van der Waals surface area contributed by atoms with Crippen LogP contribution in [0.5, 0.6) is 0 Å². The van der Waals surface area contributed by atoms with E-state index >= 15 is 0 Å². The Kier molecular flexibility index (Phi) is 6.20. The molecule has 1 amide bonds. The lowest BCUT2D eigenvalue weighted by atomic mass is 9.89. The van der Waals surface area contributed by atoms with Crippen LogP contribution in [0.15, 0.2) is 0 Å². The van der Waals surface area contributed by atoms with Crippen LogP contribution in [-0.2, 0) is 4.79 Å². The van der Waals surface area contributed by atoms with E-state index in [2.05, 4.69) is 51.8 Å². The van der Waals surface area contributed by atoms with Crippen LogP contribution < -0.4 is 5.32 Å². The van der Waals surface area contributed by atoms with E-state index in [1.807, 2.05) is 4.90 Å². The molecular weight excluding hydrogens is 266 g/mol. The Balaban J connectivity index is 2.33. The molecule has 1 saturated heterocycles. The number of β-amino-alcohol motifs (C(OH)–C–C–N with tert-alkyl or cyclic N) is 1. The molecule has 0 spiro atoms. The summed E-state index contributed by atoms with van der Waals surface area (Å²) in [5.41, 5.74) is -0.127. The molecule has 21 heavy (non-hydrogen) atoms.